The predicted molar refractivity (Wildman–Crippen MR) is 61.4 cm³/mol. The molecule has 0 aliphatic carbocycles. The van der Waals surface area contributed by atoms with Crippen molar-refractivity contribution in [1.82, 2.24) is 5.32 Å². The highest BCUT2D eigenvalue weighted by Crippen LogP contribution is 2.31. The number of halogens is 1. The number of hydrogen-bond acceptors (Lipinski definition) is 4. The van der Waals surface area contributed by atoms with Gasteiger partial charge >= 0.3 is 6.09 Å². The minimum atomic E-state index is -0.803. The van der Waals surface area contributed by atoms with E-state index in [1.807, 2.05) is 0 Å². The number of alkyl carbamates (subject to hydrolysis) is 1. The second kappa shape index (κ2) is 4.04. The predicted octanol–water partition coefficient (Wildman–Crippen LogP) is 0.463. The molecule has 1 N–H and O–H groups in total. The summed E-state index contributed by atoms with van der Waals surface area (Å²) in [7, 11) is 0. The molecular weight excluding hydrogens is 255 g/mol. The van der Waals surface area contributed by atoms with Crippen LogP contribution in [0.3, 0.4) is 0 Å². The summed E-state index contributed by atoms with van der Waals surface area (Å²) in [6.45, 7) is 0.178. The van der Waals surface area contributed by atoms with Gasteiger partial charge in [0.25, 0.3) is 11.7 Å². The minimum absolute atomic E-state index is 0.0413. The fourth-order valence-corrected chi connectivity index (χ4v) is 2.22. The molecule has 98 valence electrons. The molecule has 7 heteroatoms. The van der Waals surface area contributed by atoms with E-state index in [0.717, 1.165) is 4.90 Å². The molecule has 2 aliphatic heterocycles. The normalized spacial score (nSPS) is 21.4. The fourth-order valence-electron chi connectivity index (χ4n) is 2.22. The summed E-state index contributed by atoms with van der Waals surface area (Å²) in [5.41, 5.74) is 0.00253. The molecule has 6 nitrogen and oxygen atoms in total. The summed E-state index contributed by atoms with van der Waals surface area (Å²) in [5.74, 6) is -2.19. The van der Waals surface area contributed by atoms with Gasteiger partial charge in [-0.15, -0.1) is 0 Å². The van der Waals surface area contributed by atoms with Crippen molar-refractivity contribution in [3.8, 4) is 0 Å². The van der Waals surface area contributed by atoms with Gasteiger partial charge in [-0.3, -0.25) is 14.5 Å². The molecule has 0 saturated carbocycles. The Balaban J connectivity index is 1.93. The van der Waals surface area contributed by atoms with Crippen LogP contribution in [0.2, 0.25) is 0 Å². The molecule has 0 radical (unpaired) electrons. The third-order valence-corrected chi connectivity index (χ3v) is 3.07. The zero-order valence-corrected chi connectivity index (χ0v) is 9.68. The molecule has 0 aromatic heterocycles. The van der Waals surface area contributed by atoms with Crippen molar-refractivity contribution >= 4 is 23.5 Å². The highest BCUT2D eigenvalue weighted by atomic mass is 19.1. The molecule has 2 heterocycles. The third kappa shape index (κ3) is 1.74. The van der Waals surface area contributed by atoms with Gasteiger partial charge in [-0.2, -0.15) is 0 Å². The van der Waals surface area contributed by atoms with E-state index in [9.17, 15) is 18.8 Å². The lowest BCUT2D eigenvalue weighted by atomic mass is 10.1. The Morgan fingerprint density at radius 1 is 1.37 bits per heavy atom. The van der Waals surface area contributed by atoms with Gasteiger partial charge in [0.1, 0.15) is 11.9 Å². The molecule has 1 saturated heterocycles. The number of ketones is 1. The number of amides is 2. The van der Waals surface area contributed by atoms with E-state index in [4.69, 9.17) is 4.74 Å². The van der Waals surface area contributed by atoms with Gasteiger partial charge < -0.3 is 10.1 Å². The molecule has 2 aliphatic rings. The lowest BCUT2D eigenvalue weighted by Gasteiger charge is -2.19. The monoisotopic (exact) mass is 264 g/mol. The highest BCUT2D eigenvalue weighted by Gasteiger charge is 2.40. The SMILES string of the molecule is O=C1NCC(CN2C(=O)C(=O)c3cccc(F)c32)O1. The van der Waals surface area contributed by atoms with E-state index in [1.165, 1.54) is 18.2 Å². The lowest BCUT2D eigenvalue weighted by Crippen LogP contribution is -2.38. The molecule has 19 heavy (non-hydrogen) atoms. The second-order valence-electron chi connectivity index (χ2n) is 4.29. The Morgan fingerprint density at radius 3 is 2.84 bits per heavy atom. The third-order valence-electron chi connectivity index (χ3n) is 3.07. The van der Waals surface area contributed by atoms with Crippen LogP contribution < -0.4 is 10.2 Å². The van der Waals surface area contributed by atoms with Crippen molar-refractivity contribution in [3.63, 3.8) is 0 Å². The number of fused-ring (bicyclic) bond motifs is 1. The van der Waals surface area contributed by atoms with E-state index in [1.54, 1.807) is 0 Å². The topological polar surface area (TPSA) is 75.7 Å². The quantitative estimate of drug-likeness (QED) is 0.787. The first-order chi connectivity index (χ1) is 9.08. The van der Waals surface area contributed by atoms with Gasteiger partial charge in [0.05, 0.1) is 24.3 Å². The van der Waals surface area contributed by atoms with Crippen LogP contribution in [0.1, 0.15) is 10.4 Å². The first kappa shape index (κ1) is 11.6. The Hall–Kier alpha value is -2.44. The van der Waals surface area contributed by atoms with Gasteiger partial charge in [0.2, 0.25) is 0 Å². The number of para-hydroxylation sites is 1. The summed E-state index contributed by atoms with van der Waals surface area (Å²) in [6.07, 6.45) is -1.17. The molecule has 1 aromatic carbocycles. The van der Waals surface area contributed by atoms with Gasteiger partial charge in [0, 0.05) is 0 Å². The van der Waals surface area contributed by atoms with Crippen LogP contribution in [0.25, 0.3) is 0 Å². The molecule has 1 unspecified atom stereocenters. The van der Waals surface area contributed by atoms with Crippen molar-refractivity contribution in [2.45, 2.75) is 6.10 Å². The maximum atomic E-state index is 13.8. The number of benzene rings is 1. The summed E-state index contributed by atoms with van der Waals surface area (Å²) >= 11 is 0. The van der Waals surface area contributed by atoms with E-state index in [-0.39, 0.29) is 24.3 Å². The Morgan fingerprint density at radius 2 is 2.16 bits per heavy atom. The zero-order valence-electron chi connectivity index (χ0n) is 9.68. The highest BCUT2D eigenvalue weighted by molar-refractivity contribution is 6.52. The smallest absolute Gasteiger partial charge is 0.407 e. The molecule has 0 spiro atoms. The second-order valence-corrected chi connectivity index (χ2v) is 4.29. The summed E-state index contributed by atoms with van der Waals surface area (Å²) in [4.78, 5) is 35.5. The van der Waals surface area contributed by atoms with Crippen LogP contribution in [-0.4, -0.2) is 37.0 Å². The lowest BCUT2D eigenvalue weighted by molar-refractivity contribution is -0.114. The number of carbonyl (C=O) groups excluding carboxylic acids is 3. The number of Topliss-reactive ketones (excluding diaryl/α,β-unsaturated/α-hetero) is 1. The zero-order chi connectivity index (χ0) is 13.6. The number of cyclic esters (lactones) is 1. The molecule has 2 amide bonds. The average molecular weight is 264 g/mol. The van der Waals surface area contributed by atoms with E-state index in [0.29, 0.717) is 0 Å². The van der Waals surface area contributed by atoms with Crippen molar-refractivity contribution in [2.24, 2.45) is 0 Å². The molecule has 1 aromatic rings. The summed E-state index contributed by atoms with van der Waals surface area (Å²) < 4.78 is 18.7. The number of nitrogens with zero attached hydrogens (tertiary/aromatic N) is 1. The van der Waals surface area contributed by atoms with Crippen molar-refractivity contribution in [2.75, 3.05) is 18.0 Å². The molecular formula is C12H9FN2O4. The number of nitrogens with one attached hydrogen (secondary N) is 1. The van der Waals surface area contributed by atoms with Gasteiger partial charge in [0.15, 0.2) is 0 Å². The van der Waals surface area contributed by atoms with E-state index >= 15 is 0 Å². The molecule has 0 bridgehead atoms. The Bertz CT molecular complexity index is 601. The number of carbonyl (C=O) groups is 3. The maximum Gasteiger partial charge on any atom is 0.407 e. The first-order valence-electron chi connectivity index (χ1n) is 5.67. The van der Waals surface area contributed by atoms with Crippen LogP contribution >= 0.6 is 0 Å². The van der Waals surface area contributed by atoms with Crippen LogP contribution in [0, 0.1) is 5.82 Å². The Labute approximate surface area is 107 Å². The van der Waals surface area contributed by atoms with Crippen LogP contribution in [0.5, 0.6) is 0 Å². The summed E-state index contributed by atoms with van der Waals surface area (Å²) in [6, 6.07) is 3.95. The molecule has 3 rings (SSSR count). The minimum Gasteiger partial charge on any atom is -0.442 e. The number of ether oxygens (including phenoxy) is 1. The van der Waals surface area contributed by atoms with Crippen LogP contribution in [0.4, 0.5) is 14.9 Å². The molecule has 1 fully saturated rings. The van der Waals surface area contributed by atoms with Crippen molar-refractivity contribution in [1.29, 1.82) is 0 Å². The van der Waals surface area contributed by atoms with Crippen LogP contribution in [-0.2, 0) is 9.53 Å². The number of anilines is 1. The maximum absolute atomic E-state index is 13.8. The van der Waals surface area contributed by atoms with Crippen molar-refractivity contribution < 1.29 is 23.5 Å². The first-order valence-corrected chi connectivity index (χ1v) is 5.67. The molecule has 1 atom stereocenters. The van der Waals surface area contributed by atoms with E-state index in [2.05, 4.69) is 5.32 Å². The number of rotatable bonds is 2. The van der Waals surface area contributed by atoms with Gasteiger partial charge in [-0.1, -0.05) is 6.07 Å². The van der Waals surface area contributed by atoms with Crippen LogP contribution in [0.15, 0.2) is 18.2 Å². The van der Waals surface area contributed by atoms with Crippen molar-refractivity contribution in [3.05, 3.63) is 29.6 Å². The van der Waals surface area contributed by atoms with Gasteiger partial charge in [-0.25, -0.2) is 9.18 Å². The summed E-state index contributed by atoms with van der Waals surface area (Å²) in [5, 5.41) is 2.43. The average Bonchev–Trinajstić information content (AvgIpc) is 2.89. The van der Waals surface area contributed by atoms with Gasteiger partial charge in [-0.05, 0) is 12.1 Å². The number of hydrogen-bond donors (Lipinski definition) is 1. The largest absolute Gasteiger partial charge is 0.442 e. The Kier molecular flexibility index (Phi) is 2.48. The standard InChI is InChI=1S/C12H9FN2O4/c13-8-3-1-2-7-9(8)15(11(17)10(7)16)5-6-4-14-12(18)19-6/h1-3,6H,4-5H2,(H,14,18). The van der Waals surface area contributed by atoms with E-state index < -0.39 is 29.7 Å². The fraction of sp³-hybridized carbons (Fsp3) is 0.250.